The Bertz CT molecular complexity index is 545. The molecule has 1 rings (SSSR count). The van der Waals surface area contributed by atoms with E-state index in [9.17, 15) is 22.8 Å². The molecule has 5 nitrogen and oxygen atoms in total. The van der Waals surface area contributed by atoms with Gasteiger partial charge in [0.2, 0.25) is 0 Å². The van der Waals surface area contributed by atoms with E-state index in [1.807, 2.05) is 0 Å². The first-order valence-electron chi connectivity index (χ1n) is 6.31. The van der Waals surface area contributed by atoms with E-state index < -0.39 is 36.1 Å². The van der Waals surface area contributed by atoms with Gasteiger partial charge in [0.05, 0.1) is 19.1 Å². The highest BCUT2D eigenvalue weighted by Crippen LogP contribution is 2.32. The van der Waals surface area contributed by atoms with Crippen molar-refractivity contribution in [3.63, 3.8) is 0 Å². The molecule has 122 valence electrons. The zero-order valence-electron chi connectivity index (χ0n) is 12.1. The van der Waals surface area contributed by atoms with Crippen molar-refractivity contribution in [3.8, 4) is 0 Å². The summed E-state index contributed by atoms with van der Waals surface area (Å²) in [6.07, 6.45) is -5.08. The Hall–Kier alpha value is -2.09. The molecule has 22 heavy (non-hydrogen) atoms. The molecule has 8 heteroatoms. The van der Waals surface area contributed by atoms with Crippen molar-refractivity contribution < 1.29 is 32.6 Å². The van der Waals surface area contributed by atoms with Crippen LogP contribution in [0.15, 0.2) is 24.3 Å². The lowest BCUT2D eigenvalue weighted by molar-refractivity contribution is -0.152. The molecule has 1 atom stereocenters. The van der Waals surface area contributed by atoms with Crippen molar-refractivity contribution in [1.29, 1.82) is 0 Å². The van der Waals surface area contributed by atoms with Crippen LogP contribution in [-0.2, 0) is 27.0 Å². The van der Waals surface area contributed by atoms with Gasteiger partial charge in [-0.15, -0.1) is 0 Å². The molecule has 0 fully saturated rings. The van der Waals surface area contributed by atoms with Gasteiger partial charge in [-0.1, -0.05) is 18.2 Å². The van der Waals surface area contributed by atoms with Gasteiger partial charge in [-0.25, -0.2) is 0 Å². The van der Waals surface area contributed by atoms with Gasteiger partial charge < -0.3 is 9.84 Å². The van der Waals surface area contributed by atoms with Gasteiger partial charge in [0.1, 0.15) is 6.04 Å². The molecule has 0 bridgehead atoms. The average Bonchev–Trinajstić information content (AvgIpc) is 2.43. The third-order valence-corrected chi connectivity index (χ3v) is 3.12. The Morgan fingerprint density at radius 2 is 1.91 bits per heavy atom. The molecule has 0 aromatic heterocycles. The molecule has 1 aromatic carbocycles. The summed E-state index contributed by atoms with van der Waals surface area (Å²) >= 11 is 0. The lowest BCUT2D eigenvalue weighted by atomic mass is 10.1. The second-order valence-corrected chi connectivity index (χ2v) is 4.71. The molecule has 0 saturated carbocycles. The van der Waals surface area contributed by atoms with Crippen LogP contribution in [0.25, 0.3) is 0 Å². The van der Waals surface area contributed by atoms with Crippen molar-refractivity contribution in [3.05, 3.63) is 35.4 Å². The number of hydrogen-bond donors (Lipinski definition) is 1. The lowest BCUT2D eigenvalue weighted by Crippen LogP contribution is -2.40. The number of likely N-dealkylation sites (N-methyl/N-ethyl adjacent to an activating group) is 1. The smallest absolute Gasteiger partial charge is 0.416 e. The zero-order chi connectivity index (χ0) is 16.9. The van der Waals surface area contributed by atoms with Gasteiger partial charge in [0.25, 0.3) is 0 Å². The number of esters is 1. The van der Waals surface area contributed by atoms with Gasteiger partial charge in [-0.3, -0.25) is 14.5 Å². The number of nitrogens with zero attached hydrogens (tertiary/aromatic N) is 1. The van der Waals surface area contributed by atoms with Crippen molar-refractivity contribution in [2.45, 2.75) is 25.2 Å². The molecule has 0 spiro atoms. The van der Waals surface area contributed by atoms with Gasteiger partial charge in [0.15, 0.2) is 0 Å². The van der Waals surface area contributed by atoms with E-state index in [2.05, 4.69) is 4.74 Å². The number of methoxy groups -OCH3 is 1. The number of aliphatic carboxylic acids is 1. The monoisotopic (exact) mass is 319 g/mol. The van der Waals surface area contributed by atoms with Crippen LogP contribution in [0.5, 0.6) is 0 Å². The number of ether oxygens (including phenoxy) is 1. The fourth-order valence-corrected chi connectivity index (χ4v) is 2.03. The van der Waals surface area contributed by atoms with Crippen LogP contribution in [0, 0.1) is 0 Å². The summed E-state index contributed by atoms with van der Waals surface area (Å²) in [5.41, 5.74) is -0.863. The van der Waals surface area contributed by atoms with Crippen LogP contribution < -0.4 is 0 Å². The first-order valence-corrected chi connectivity index (χ1v) is 6.31. The molecule has 1 unspecified atom stereocenters. The lowest BCUT2D eigenvalue weighted by Gasteiger charge is -2.26. The van der Waals surface area contributed by atoms with E-state index in [4.69, 9.17) is 5.11 Å². The maximum absolute atomic E-state index is 12.9. The fourth-order valence-electron chi connectivity index (χ4n) is 2.03. The van der Waals surface area contributed by atoms with Crippen LogP contribution in [-0.4, -0.2) is 42.1 Å². The summed E-state index contributed by atoms with van der Waals surface area (Å²) in [4.78, 5) is 23.6. The summed E-state index contributed by atoms with van der Waals surface area (Å²) in [5.74, 6) is -2.05. The molecule has 1 aromatic rings. The number of hydrogen-bond acceptors (Lipinski definition) is 4. The van der Waals surface area contributed by atoms with Gasteiger partial charge in [0, 0.05) is 6.54 Å². The third-order valence-electron chi connectivity index (χ3n) is 3.12. The van der Waals surface area contributed by atoms with Gasteiger partial charge >= 0.3 is 18.1 Å². The van der Waals surface area contributed by atoms with Crippen LogP contribution in [0.1, 0.15) is 17.5 Å². The Morgan fingerprint density at radius 1 is 1.32 bits per heavy atom. The predicted molar refractivity (Wildman–Crippen MR) is 71.0 cm³/mol. The Kier molecular flexibility index (Phi) is 5.92. The van der Waals surface area contributed by atoms with E-state index >= 15 is 0 Å². The standard InChI is InChI=1S/C14H16F3NO4/c1-18(11(7-12(19)20)13(21)22-2)8-9-5-3-4-6-10(9)14(15,16)17/h3-6,11H,7-8H2,1-2H3,(H,19,20). The maximum atomic E-state index is 12.9. The van der Waals surface area contributed by atoms with Crippen LogP contribution in [0.2, 0.25) is 0 Å². The number of rotatable bonds is 6. The van der Waals surface area contributed by atoms with Gasteiger partial charge in [-0.2, -0.15) is 13.2 Å². The van der Waals surface area contributed by atoms with Crippen molar-refractivity contribution >= 4 is 11.9 Å². The highest BCUT2D eigenvalue weighted by Gasteiger charge is 2.34. The molecule has 0 aliphatic rings. The first kappa shape index (κ1) is 18.0. The van der Waals surface area contributed by atoms with Crippen molar-refractivity contribution in [2.24, 2.45) is 0 Å². The fraction of sp³-hybridized carbons (Fsp3) is 0.429. The largest absolute Gasteiger partial charge is 0.481 e. The third kappa shape index (κ3) is 4.73. The first-order chi connectivity index (χ1) is 10.2. The zero-order valence-corrected chi connectivity index (χ0v) is 12.1. The molecule has 0 saturated heterocycles. The van der Waals surface area contributed by atoms with Crippen LogP contribution in [0.3, 0.4) is 0 Å². The molecule has 0 heterocycles. The second-order valence-electron chi connectivity index (χ2n) is 4.71. The number of carbonyl (C=O) groups excluding carboxylic acids is 1. The number of halogens is 3. The number of benzene rings is 1. The number of alkyl halides is 3. The minimum Gasteiger partial charge on any atom is -0.481 e. The Labute approximate surface area is 125 Å². The minimum atomic E-state index is -4.52. The Balaban J connectivity index is 3.01. The highest BCUT2D eigenvalue weighted by molar-refractivity contribution is 5.81. The van der Waals surface area contributed by atoms with E-state index in [1.165, 1.54) is 30.1 Å². The summed E-state index contributed by atoms with van der Waals surface area (Å²) in [5, 5.41) is 8.81. The van der Waals surface area contributed by atoms with Gasteiger partial charge in [-0.05, 0) is 18.7 Å². The predicted octanol–water partition coefficient (Wildman–Crippen LogP) is 2.15. The number of carboxylic acid groups (broad SMARTS) is 1. The molecule has 1 N–H and O–H groups in total. The molecule has 0 radical (unpaired) electrons. The maximum Gasteiger partial charge on any atom is 0.416 e. The van der Waals surface area contributed by atoms with E-state index in [0.717, 1.165) is 13.2 Å². The summed E-state index contributed by atoms with van der Waals surface area (Å²) in [6.45, 7) is -0.233. The second kappa shape index (κ2) is 7.26. The average molecular weight is 319 g/mol. The molecular weight excluding hydrogens is 303 g/mol. The van der Waals surface area contributed by atoms with E-state index in [0.29, 0.717) is 0 Å². The molecule has 0 amide bonds. The summed E-state index contributed by atoms with van der Waals surface area (Å²) in [7, 11) is 2.46. The van der Waals surface area contributed by atoms with E-state index in [-0.39, 0.29) is 12.1 Å². The van der Waals surface area contributed by atoms with E-state index in [1.54, 1.807) is 0 Å². The summed E-state index contributed by atoms with van der Waals surface area (Å²) in [6, 6.07) is 3.77. The molecule has 0 aliphatic carbocycles. The minimum absolute atomic E-state index is 0.0446. The topological polar surface area (TPSA) is 66.8 Å². The molecule has 0 aliphatic heterocycles. The normalized spacial score (nSPS) is 13.0. The van der Waals surface area contributed by atoms with Crippen LogP contribution >= 0.6 is 0 Å². The molecular formula is C14H16F3NO4. The van der Waals surface area contributed by atoms with Crippen molar-refractivity contribution in [1.82, 2.24) is 4.90 Å². The Morgan fingerprint density at radius 3 is 2.41 bits per heavy atom. The summed E-state index contributed by atoms with van der Waals surface area (Å²) < 4.78 is 43.3. The number of carbonyl (C=O) groups is 2. The number of carboxylic acids is 1. The quantitative estimate of drug-likeness (QED) is 0.814. The SMILES string of the molecule is COC(=O)C(CC(=O)O)N(C)Cc1ccccc1C(F)(F)F. The van der Waals surface area contributed by atoms with Crippen LogP contribution in [0.4, 0.5) is 13.2 Å². The van der Waals surface area contributed by atoms with Crippen molar-refractivity contribution in [2.75, 3.05) is 14.2 Å². The highest BCUT2D eigenvalue weighted by atomic mass is 19.4.